The molecule has 0 aliphatic rings. The molecule has 3 N–H and O–H groups in total. The van der Waals surface area contributed by atoms with E-state index in [1.54, 1.807) is 6.92 Å². The Morgan fingerprint density at radius 1 is 1.45 bits per heavy atom. The van der Waals surface area contributed by atoms with E-state index in [0.29, 0.717) is 6.61 Å². The first kappa shape index (κ1) is 12.9. The highest BCUT2D eigenvalue weighted by Gasteiger charge is 1.93. The van der Waals surface area contributed by atoms with E-state index in [1.165, 1.54) is 7.11 Å². The summed E-state index contributed by atoms with van der Waals surface area (Å²) in [6.45, 7) is 2.09. The van der Waals surface area contributed by atoms with Gasteiger partial charge in [-0.15, -0.1) is 0 Å². The van der Waals surface area contributed by atoms with Gasteiger partial charge in [-0.1, -0.05) is 0 Å². The summed E-state index contributed by atoms with van der Waals surface area (Å²) in [4.78, 5) is 9.97. The highest BCUT2D eigenvalue weighted by Crippen LogP contribution is 1.77. The second-order valence-electron chi connectivity index (χ2n) is 1.23. The topological polar surface area (TPSA) is 96.2 Å². The van der Waals surface area contributed by atoms with Gasteiger partial charge in [0.05, 0.1) is 13.7 Å². The number of rotatable bonds is 1. The molecule has 0 aliphatic carbocycles. The minimum absolute atomic E-state index is 0.368. The van der Waals surface area contributed by atoms with Crippen LogP contribution < -0.4 is 0 Å². The SMILES string of the molecule is CCOC(=O)OC.OB(O)O. The van der Waals surface area contributed by atoms with Crippen LogP contribution in [0.4, 0.5) is 4.79 Å². The molecule has 11 heavy (non-hydrogen) atoms. The number of ether oxygens (including phenoxy) is 2. The average molecular weight is 166 g/mol. The fraction of sp³-hybridized carbons (Fsp3) is 0.750. The van der Waals surface area contributed by atoms with Crippen molar-refractivity contribution in [2.75, 3.05) is 13.7 Å². The third-order valence-electron chi connectivity index (χ3n) is 0.429. The van der Waals surface area contributed by atoms with Gasteiger partial charge in [-0.2, -0.15) is 0 Å². The van der Waals surface area contributed by atoms with Gasteiger partial charge in [0, 0.05) is 0 Å². The van der Waals surface area contributed by atoms with Gasteiger partial charge in [0.1, 0.15) is 0 Å². The Hall–Kier alpha value is -0.785. The van der Waals surface area contributed by atoms with Gasteiger partial charge in [-0.05, 0) is 6.92 Å². The predicted molar refractivity (Wildman–Crippen MR) is 36.4 cm³/mol. The number of hydrogen-bond acceptors (Lipinski definition) is 6. The van der Waals surface area contributed by atoms with E-state index in [9.17, 15) is 4.79 Å². The Balaban J connectivity index is 0. The van der Waals surface area contributed by atoms with Crippen molar-refractivity contribution in [2.24, 2.45) is 0 Å². The lowest BCUT2D eigenvalue weighted by Gasteiger charge is -1.94. The minimum atomic E-state index is -2.17. The van der Waals surface area contributed by atoms with Crippen molar-refractivity contribution < 1.29 is 29.3 Å². The molecular weight excluding hydrogens is 155 g/mol. The summed E-state index contributed by atoms with van der Waals surface area (Å²) in [6.07, 6.45) is -0.623. The monoisotopic (exact) mass is 166 g/mol. The Morgan fingerprint density at radius 3 is 1.91 bits per heavy atom. The second kappa shape index (κ2) is 9.21. The van der Waals surface area contributed by atoms with Gasteiger partial charge in [-0.3, -0.25) is 0 Å². The molecule has 0 rings (SSSR count). The maximum absolute atomic E-state index is 9.97. The van der Waals surface area contributed by atoms with E-state index >= 15 is 0 Å². The van der Waals surface area contributed by atoms with Crippen LogP contribution in [0.3, 0.4) is 0 Å². The molecule has 6 nitrogen and oxygen atoms in total. The van der Waals surface area contributed by atoms with Crippen LogP contribution in [0.25, 0.3) is 0 Å². The summed E-state index contributed by atoms with van der Waals surface area (Å²) in [5.74, 6) is 0. The van der Waals surface area contributed by atoms with Crippen LogP contribution >= 0.6 is 0 Å². The van der Waals surface area contributed by atoms with Crippen molar-refractivity contribution in [3.8, 4) is 0 Å². The molecule has 0 spiro atoms. The summed E-state index contributed by atoms with van der Waals surface area (Å²) in [7, 11) is -0.891. The maximum Gasteiger partial charge on any atom is 0.631 e. The van der Waals surface area contributed by atoms with Crippen molar-refractivity contribution in [1.82, 2.24) is 0 Å². The minimum Gasteiger partial charge on any atom is -0.438 e. The van der Waals surface area contributed by atoms with E-state index in [0.717, 1.165) is 0 Å². The summed E-state index contributed by atoms with van der Waals surface area (Å²) < 4.78 is 8.46. The van der Waals surface area contributed by atoms with Crippen molar-refractivity contribution in [2.45, 2.75) is 6.92 Å². The zero-order valence-corrected chi connectivity index (χ0v) is 6.35. The molecule has 0 unspecified atom stereocenters. The van der Waals surface area contributed by atoms with Crippen LogP contribution in [0.5, 0.6) is 0 Å². The molecule has 0 aromatic rings. The number of carbonyl (C=O) groups is 1. The van der Waals surface area contributed by atoms with Crippen molar-refractivity contribution in [3.05, 3.63) is 0 Å². The molecule has 0 aromatic carbocycles. The zero-order valence-electron chi connectivity index (χ0n) is 6.35. The van der Waals surface area contributed by atoms with E-state index in [1.807, 2.05) is 0 Å². The molecule has 66 valence electrons. The number of carbonyl (C=O) groups excluding carboxylic acids is 1. The maximum atomic E-state index is 9.97. The number of hydrogen-bond donors (Lipinski definition) is 3. The van der Waals surface area contributed by atoms with Gasteiger partial charge in [0.25, 0.3) is 0 Å². The van der Waals surface area contributed by atoms with Crippen LogP contribution in [0.2, 0.25) is 0 Å². The van der Waals surface area contributed by atoms with Gasteiger partial charge in [0.15, 0.2) is 0 Å². The van der Waals surface area contributed by atoms with Crippen molar-refractivity contribution in [1.29, 1.82) is 0 Å². The summed E-state index contributed by atoms with van der Waals surface area (Å²) in [5, 5.41) is 21.5. The Morgan fingerprint density at radius 2 is 1.82 bits per heavy atom. The fourth-order valence-electron chi connectivity index (χ4n) is 0.177. The molecule has 0 radical (unpaired) electrons. The van der Waals surface area contributed by atoms with Gasteiger partial charge < -0.3 is 24.5 Å². The van der Waals surface area contributed by atoms with Crippen LogP contribution in [-0.2, 0) is 9.47 Å². The van der Waals surface area contributed by atoms with E-state index in [2.05, 4.69) is 9.47 Å². The van der Waals surface area contributed by atoms with E-state index in [4.69, 9.17) is 15.1 Å². The van der Waals surface area contributed by atoms with Crippen LogP contribution in [0.15, 0.2) is 0 Å². The Labute approximate surface area is 64.5 Å². The fourth-order valence-corrected chi connectivity index (χ4v) is 0.177. The Kier molecular flexibility index (Phi) is 10.8. The first-order valence-electron chi connectivity index (χ1n) is 2.79. The average Bonchev–Trinajstić information content (AvgIpc) is 1.87. The largest absolute Gasteiger partial charge is 0.631 e. The first-order valence-corrected chi connectivity index (χ1v) is 2.79. The quantitative estimate of drug-likeness (QED) is 0.332. The molecule has 0 saturated heterocycles. The molecule has 0 heterocycles. The van der Waals surface area contributed by atoms with Crippen molar-refractivity contribution >= 4 is 13.5 Å². The summed E-state index contributed by atoms with van der Waals surface area (Å²) in [5.41, 5.74) is 0. The first-order chi connectivity index (χ1) is 5.04. The summed E-state index contributed by atoms with van der Waals surface area (Å²) in [6, 6.07) is 0. The molecule has 0 aliphatic heterocycles. The molecule has 0 atom stereocenters. The van der Waals surface area contributed by atoms with Gasteiger partial charge in [0.2, 0.25) is 0 Å². The third-order valence-corrected chi connectivity index (χ3v) is 0.429. The Bertz CT molecular complexity index is 91.8. The van der Waals surface area contributed by atoms with E-state index in [-0.39, 0.29) is 0 Å². The molecular formula is C4H11BO6. The van der Waals surface area contributed by atoms with Crippen LogP contribution in [0.1, 0.15) is 6.92 Å². The van der Waals surface area contributed by atoms with Gasteiger partial charge in [-0.25, -0.2) is 4.79 Å². The molecule has 0 saturated carbocycles. The molecule has 0 bridgehead atoms. The van der Waals surface area contributed by atoms with Crippen LogP contribution in [0, 0.1) is 0 Å². The molecule has 0 aromatic heterocycles. The smallest absolute Gasteiger partial charge is 0.438 e. The highest BCUT2D eigenvalue weighted by atomic mass is 16.7. The van der Waals surface area contributed by atoms with Crippen LogP contribution in [-0.4, -0.2) is 42.3 Å². The normalized spacial score (nSPS) is 7.36. The second-order valence-corrected chi connectivity index (χ2v) is 1.23. The zero-order chi connectivity index (χ0) is 9.28. The molecule has 7 heteroatoms. The molecule has 0 amide bonds. The number of methoxy groups -OCH3 is 1. The summed E-state index contributed by atoms with van der Waals surface area (Å²) >= 11 is 0. The van der Waals surface area contributed by atoms with Gasteiger partial charge >= 0.3 is 13.5 Å². The predicted octanol–water partition coefficient (Wildman–Crippen LogP) is -1.26. The standard InChI is InChI=1S/C4H8O3.BH3O3/c1-3-7-4(5)6-2;2-1(3)4/h3H2,1-2H3;2-4H. The third kappa shape index (κ3) is 27.0. The molecule has 0 fully saturated rings. The lowest BCUT2D eigenvalue weighted by molar-refractivity contribution is 0.0771. The lowest BCUT2D eigenvalue weighted by atomic mass is 10.3. The lowest BCUT2D eigenvalue weighted by Crippen LogP contribution is -2.07. The van der Waals surface area contributed by atoms with E-state index < -0.39 is 13.5 Å². The highest BCUT2D eigenvalue weighted by molar-refractivity contribution is 6.30. The van der Waals surface area contributed by atoms with Crippen molar-refractivity contribution in [3.63, 3.8) is 0 Å².